The van der Waals surface area contributed by atoms with E-state index in [1.807, 2.05) is 44.3 Å². The summed E-state index contributed by atoms with van der Waals surface area (Å²) in [7, 11) is 2.00. The van der Waals surface area contributed by atoms with Crippen molar-refractivity contribution in [1.29, 1.82) is 5.26 Å². The third-order valence-electron chi connectivity index (χ3n) is 8.22. The summed E-state index contributed by atoms with van der Waals surface area (Å²) in [4.78, 5) is 60.7. The van der Waals surface area contributed by atoms with Gasteiger partial charge in [0.15, 0.2) is 11.3 Å². The van der Waals surface area contributed by atoms with Gasteiger partial charge in [0.2, 0.25) is 12.1 Å². The number of nitrogens with zero attached hydrogens (tertiary/aromatic N) is 11. The van der Waals surface area contributed by atoms with Crippen LogP contribution in [0.25, 0.3) is 16.9 Å². The number of ether oxygens (including phenoxy) is 1. The highest BCUT2D eigenvalue weighted by Crippen LogP contribution is 2.36. The molecule has 7 rings (SSSR count). The van der Waals surface area contributed by atoms with Gasteiger partial charge in [0.05, 0.1) is 16.9 Å². The van der Waals surface area contributed by atoms with Crippen molar-refractivity contribution >= 4 is 46.7 Å². The number of hydrogen-bond acceptors (Lipinski definition) is 11. The summed E-state index contributed by atoms with van der Waals surface area (Å²) in [6, 6.07) is 14.8. The Bertz CT molecular complexity index is 2090. The third kappa shape index (κ3) is 6.79. The van der Waals surface area contributed by atoms with Crippen LogP contribution in [0.4, 0.5) is 16.3 Å². The monoisotopic (exact) mass is 693 g/mol. The van der Waals surface area contributed by atoms with E-state index in [9.17, 15) is 14.4 Å². The molecule has 0 aliphatic carbocycles. The number of likely N-dealkylation sites (N-methyl/N-ethyl adjacent to an activating group) is 1. The molecule has 16 heteroatoms. The predicted octanol–water partition coefficient (Wildman–Crippen LogP) is 4.21. The molecule has 1 aromatic carbocycles. The number of halogens is 1. The molecule has 0 spiro atoms. The molecule has 2 aliphatic heterocycles. The van der Waals surface area contributed by atoms with Crippen LogP contribution in [0.1, 0.15) is 41.8 Å². The first kappa shape index (κ1) is 33.9. The van der Waals surface area contributed by atoms with Gasteiger partial charge >= 0.3 is 6.09 Å². The maximum absolute atomic E-state index is 12.8. The summed E-state index contributed by atoms with van der Waals surface area (Å²) in [5.74, 6) is -0.125. The van der Waals surface area contributed by atoms with Crippen LogP contribution < -0.4 is 9.80 Å². The van der Waals surface area contributed by atoms with Crippen LogP contribution in [0.5, 0.6) is 0 Å². The lowest BCUT2D eigenvalue weighted by Gasteiger charge is -2.33. The normalized spacial score (nSPS) is 15.6. The van der Waals surface area contributed by atoms with E-state index in [-0.39, 0.29) is 11.6 Å². The standard InChI is InChI=1S/C17H17ClN6O3.C17H15N5O/c1-22-6-8-23(9-7-22)17(26)27-16-14-13(19-4-5-20-14)15(25)24(16)12-3-2-11(18)10-21-12;1-3-21(12(2)23)15-6-4-5-13(9-15)16-7-8-19-17-14(10-18)11-20-22(16)17/h2-5,10,16H,6-9H2,1H3;4-9,11H,3H2,1-2H3. The van der Waals surface area contributed by atoms with Crippen LogP contribution in [0.2, 0.25) is 5.02 Å². The molecule has 254 valence electrons. The third-order valence-corrected chi connectivity index (χ3v) is 8.44. The van der Waals surface area contributed by atoms with Crippen molar-refractivity contribution in [3.63, 3.8) is 0 Å². The molecule has 5 aromatic rings. The van der Waals surface area contributed by atoms with E-state index < -0.39 is 18.2 Å². The summed E-state index contributed by atoms with van der Waals surface area (Å²) < 4.78 is 7.32. The number of fused-ring (bicyclic) bond motifs is 2. The number of nitriles is 1. The Balaban J connectivity index is 0.000000175. The smallest absolute Gasteiger partial charge is 0.412 e. The van der Waals surface area contributed by atoms with Gasteiger partial charge in [-0.1, -0.05) is 23.7 Å². The molecule has 0 N–H and O–H groups in total. The maximum atomic E-state index is 12.8. The van der Waals surface area contributed by atoms with Crippen molar-refractivity contribution in [3.8, 4) is 17.3 Å². The predicted molar refractivity (Wildman–Crippen MR) is 183 cm³/mol. The van der Waals surface area contributed by atoms with Gasteiger partial charge in [-0.05, 0) is 44.3 Å². The number of pyridine rings is 1. The zero-order chi connectivity index (χ0) is 35.4. The summed E-state index contributed by atoms with van der Waals surface area (Å²) in [6.07, 6.45) is 5.94. The number of benzene rings is 1. The molecule has 3 amide bonds. The molecule has 50 heavy (non-hydrogen) atoms. The van der Waals surface area contributed by atoms with E-state index in [1.165, 1.54) is 29.7 Å². The number of piperazine rings is 1. The Morgan fingerprint density at radius 3 is 2.50 bits per heavy atom. The molecule has 1 atom stereocenters. The lowest BCUT2D eigenvalue weighted by atomic mass is 10.1. The molecule has 0 bridgehead atoms. The quantitative estimate of drug-likeness (QED) is 0.259. The maximum Gasteiger partial charge on any atom is 0.412 e. The first-order chi connectivity index (χ1) is 24.2. The number of rotatable bonds is 5. The zero-order valence-corrected chi connectivity index (χ0v) is 28.2. The average molecular weight is 694 g/mol. The van der Waals surface area contributed by atoms with Crippen LogP contribution in [0.3, 0.4) is 0 Å². The fraction of sp³-hybridized carbons (Fsp3) is 0.265. The molecule has 0 radical (unpaired) electrons. The Morgan fingerprint density at radius 2 is 1.80 bits per heavy atom. The average Bonchev–Trinajstić information content (AvgIpc) is 3.68. The van der Waals surface area contributed by atoms with E-state index in [0.717, 1.165) is 30.0 Å². The topological polar surface area (TPSA) is 166 Å². The van der Waals surface area contributed by atoms with Crippen molar-refractivity contribution in [2.45, 2.75) is 20.1 Å². The van der Waals surface area contributed by atoms with Gasteiger partial charge in [0.1, 0.15) is 23.1 Å². The van der Waals surface area contributed by atoms with E-state index in [1.54, 1.807) is 39.6 Å². The lowest BCUT2D eigenvalue weighted by Crippen LogP contribution is -2.48. The minimum atomic E-state index is -1.03. The zero-order valence-electron chi connectivity index (χ0n) is 27.5. The fourth-order valence-corrected chi connectivity index (χ4v) is 5.76. The summed E-state index contributed by atoms with van der Waals surface area (Å²) >= 11 is 5.89. The number of amides is 3. The van der Waals surface area contributed by atoms with E-state index in [4.69, 9.17) is 21.6 Å². The SMILES string of the molecule is CCN(C(C)=O)c1cccc(-c2ccnc3c(C#N)cnn23)c1.CN1CCN(C(=O)OC2c3nccnc3C(=O)N2c2ccc(Cl)cn2)CC1. The number of carbonyl (C=O) groups excluding carboxylic acids is 3. The van der Waals surface area contributed by atoms with Crippen LogP contribution >= 0.6 is 11.6 Å². The molecule has 6 heterocycles. The second-order valence-electron chi connectivity index (χ2n) is 11.4. The summed E-state index contributed by atoms with van der Waals surface area (Å²) in [6.45, 7) is 6.73. The van der Waals surface area contributed by atoms with E-state index >= 15 is 0 Å². The molecule has 2 aliphatic rings. The highest BCUT2D eigenvalue weighted by atomic mass is 35.5. The summed E-state index contributed by atoms with van der Waals surface area (Å²) in [5.41, 5.74) is 3.94. The Hall–Kier alpha value is -5.98. The highest BCUT2D eigenvalue weighted by Gasteiger charge is 2.44. The largest absolute Gasteiger partial charge is 0.419 e. The molecule has 1 unspecified atom stereocenters. The number of aromatic nitrogens is 6. The number of hydrogen-bond donors (Lipinski definition) is 0. The first-order valence-electron chi connectivity index (χ1n) is 15.7. The van der Waals surface area contributed by atoms with E-state index in [0.29, 0.717) is 47.4 Å². The molecule has 1 saturated heterocycles. The second-order valence-corrected chi connectivity index (χ2v) is 11.8. The van der Waals surface area contributed by atoms with Gasteiger partial charge in [-0.15, -0.1) is 0 Å². The van der Waals surface area contributed by atoms with Crippen LogP contribution in [-0.2, 0) is 9.53 Å². The van der Waals surface area contributed by atoms with Crippen LogP contribution in [0.15, 0.2) is 73.4 Å². The van der Waals surface area contributed by atoms with Gasteiger partial charge in [-0.2, -0.15) is 10.4 Å². The van der Waals surface area contributed by atoms with Crippen molar-refractivity contribution in [2.75, 3.05) is 49.6 Å². The Labute approximate surface area is 292 Å². The van der Waals surface area contributed by atoms with Gasteiger partial charge in [0, 0.05) is 75.7 Å². The number of carbonyl (C=O) groups is 3. The van der Waals surface area contributed by atoms with Gasteiger partial charge in [0.25, 0.3) is 5.91 Å². The van der Waals surface area contributed by atoms with Crippen LogP contribution in [-0.4, -0.2) is 97.0 Å². The lowest BCUT2D eigenvalue weighted by molar-refractivity contribution is -0.116. The second kappa shape index (κ2) is 14.6. The molecule has 15 nitrogen and oxygen atoms in total. The molecule has 0 saturated carbocycles. The molecule has 4 aromatic heterocycles. The van der Waals surface area contributed by atoms with Gasteiger partial charge in [-0.3, -0.25) is 14.6 Å². The van der Waals surface area contributed by atoms with E-state index in [2.05, 4.69) is 36.0 Å². The molecule has 1 fully saturated rings. The molecular weight excluding hydrogens is 662 g/mol. The summed E-state index contributed by atoms with van der Waals surface area (Å²) in [5, 5.41) is 13.8. The van der Waals surface area contributed by atoms with Crippen molar-refractivity contribution in [1.82, 2.24) is 39.3 Å². The van der Waals surface area contributed by atoms with Gasteiger partial charge in [-0.25, -0.2) is 29.2 Å². The van der Waals surface area contributed by atoms with Gasteiger partial charge < -0.3 is 19.4 Å². The van der Waals surface area contributed by atoms with Crippen molar-refractivity contribution < 1.29 is 19.1 Å². The fourth-order valence-electron chi connectivity index (χ4n) is 5.65. The van der Waals surface area contributed by atoms with Crippen molar-refractivity contribution in [2.24, 2.45) is 0 Å². The first-order valence-corrected chi connectivity index (χ1v) is 16.1. The Morgan fingerprint density at radius 1 is 1.02 bits per heavy atom. The van der Waals surface area contributed by atoms with Crippen molar-refractivity contribution in [3.05, 3.63) is 95.4 Å². The highest BCUT2D eigenvalue weighted by molar-refractivity contribution is 6.30. The minimum Gasteiger partial charge on any atom is -0.419 e. The van der Waals surface area contributed by atoms with Crippen LogP contribution in [0, 0.1) is 11.3 Å². The minimum absolute atomic E-state index is 0.00428. The number of anilines is 2. The Kier molecular flexibility index (Phi) is 9.93. The molecular formula is C34H32ClN11O4.